The Hall–Kier alpha value is -1.35. The number of aryl methyl sites for hydroxylation is 1. The van der Waals surface area contributed by atoms with Crippen LogP contribution in [0.25, 0.3) is 11.0 Å². The van der Waals surface area contributed by atoms with Gasteiger partial charge in [0, 0.05) is 6.54 Å². The van der Waals surface area contributed by atoms with Crippen LogP contribution in [0.3, 0.4) is 0 Å². The number of fused-ring (bicyclic) bond motifs is 1. The summed E-state index contributed by atoms with van der Waals surface area (Å²) in [5.74, 6) is 1.04. The van der Waals surface area contributed by atoms with Crippen molar-refractivity contribution < 1.29 is 0 Å². The Morgan fingerprint density at radius 1 is 1.17 bits per heavy atom. The van der Waals surface area contributed by atoms with E-state index in [2.05, 4.69) is 43.5 Å². The Bertz CT molecular complexity index is 524. The highest BCUT2D eigenvalue weighted by molar-refractivity contribution is 5.76. The van der Waals surface area contributed by atoms with Crippen LogP contribution in [0.15, 0.2) is 24.3 Å². The predicted octanol–water partition coefficient (Wildman–Crippen LogP) is 3.42. The molecule has 2 N–H and O–H groups in total. The summed E-state index contributed by atoms with van der Waals surface area (Å²) in [5, 5.41) is 0. The molecule has 3 heteroatoms. The standard InChI is InChI=1S/C15H23N3/c1-4-11-18-13-10-8-7-9-12(13)17-14(18)15(16,5-2)6-3/h7-10H,4-6,11,16H2,1-3H3. The molecule has 18 heavy (non-hydrogen) atoms. The van der Waals surface area contributed by atoms with Crippen LogP contribution in [0.5, 0.6) is 0 Å². The van der Waals surface area contributed by atoms with Crippen LogP contribution in [0.1, 0.15) is 45.9 Å². The Labute approximate surface area is 109 Å². The number of hydrogen-bond donors (Lipinski definition) is 1. The topological polar surface area (TPSA) is 43.8 Å². The van der Waals surface area contributed by atoms with Gasteiger partial charge in [0.1, 0.15) is 5.82 Å². The van der Waals surface area contributed by atoms with Gasteiger partial charge in [0.25, 0.3) is 0 Å². The average molecular weight is 245 g/mol. The highest BCUT2D eigenvalue weighted by Crippen LogP contribution is 2.28. The van der Waals surface area contributed by atoms with E-state index in [-0.39, 0.29) is 5.54 Å². The zero-order valence-corrected chi connectivity index (χ0v) is 11.6. The third kappa shape index (κ3) is 2.03. The fourth-order valence-electron chi connectivity index (χ4n) is 2.47. The SMILES string of the molecule is CCCn1c(C(N)(CC)CC)nc2ccccc21. The van der Waals surface area contributed by atoms with Crippen molar-refractivity contribution in [3.05, 3.63) is 30.1 Å². The van der Waals surface area contributed by atoms with Gasteiger partial charge in [-0.15, -0.1) is 0 Å². The Morgan fingerprint density at radius 2 is 1.83 bits per heavy atom. The van der Waals surface area contributed by atoms with Gasteiger partial charge >= 0.3 is 0 Å². The summed E-state index contributed by atoms with van der Waals surface area (Å²) in [7, 11) is 0. The molecule has 1 heterocycles. The van der Waals surface area contributed by atoms with Crippen LogP contribution in [0, 0.1) is 0 Å². The molecule has 98 valence electrons. The lowest BCUT2D eigenvalue weighted by Gasteiger charge is -2.27. The molecule has 0 fully saturated rings. The van der Waals surface area contributed by atoms with E-state index in [9.17, 15) is 0 Å². The second kappa shape index (κ2) is 5.11. The van der Waals surface area contributed by atoms with Gasteiger partial charge in [-0.1, -0.05) is 32.9 Å². The molecule has 2 rings (SSSR count). The Balaban J connectivity index is 2.65. The number of nitrogens with zero attached hydrogens (tertiary/aromatic N) is 2. The molecule has 1 aromatic carbocycles. The van der Waals surface area contributed by atoms with Crippen molar-refractivity contribution in [1.82, 2.24) is 9.55 Å². The second-order valence-corrected chi connectivity index (χ2v) is 4.94. The number of hydrogen-bond acceptors (Lipinski definition) is 2. The normalized spacial score (nSPS) is 12.2. The fourth-order valence-corrected chi connectivity index (χ4v) is 2.47. The van der Waals surface area contributed by atoms with E-state index in [1.807, 2.05) is 6.07 Å². The third-order valence-electron chi connectivity index (χ3n) is 3.81. The zero-order valence-electron chi connectivity index (χ0n) is 11.6. The first-order valence-electron chi connectivity index (χ1n) is 6.91. The Kier molecular flexibility index (Phi) is 3.71. The number of para-hydroxylation sites is 2. The molecule has 0 aliphatic rings. The number of rotatable bonds is 5. The molecule has 3 nitrogen and oxygen atoms in total. The molecule has 0 radical (unpaired) electrons. The highest BCUT2D eigenvalue weighted by Gasteiger charge is 2.29. The minimum Gasteiger partial charge on any atom is -0.326 e. The summed E-state index contributed by atoms with van der Waals surface area (Å²) in [6, 6.07) is 8.30. The van der Waals surface area contributed by atoms with E-state index < -0.39 is 0 Å². The van der Waals surface area contributed by atoms with E-state index >= 15 is 0 Å². The molecule has 0 saturated carbocycles. The van der Waals surface area contributed by atoms with Gasteiger partial charge in [-0.2, -0.15) is 0 Å². The largest absolute Gasteiger partial charge is 0.326 e. The van der Waals surface area contributed by atoms with Crippen molar-refractivity contribution in [3.63, 3.8) is 0 Å². The van der Waals surface area contributed by atoms with Crippen molar-refractivity contribution in [2.24, 2.45) is 5.73 Å². The fraction of sp³-hybridized carbons (Fsp3) is 0.533. The number of nitrogens with two attached hydrogens (primary N) is 1. The maximum Gasteiger partial charge on any atom is 0.130 e. The average Bonchev–Trinajstić information content (AvgIpc) is 2.78. The third-order valence-corrected chi connectivity index (χ3v) is 3.81. The number of benzene rings is 1. The van der Waals surface area contributed by atoms with Gasteiger partial charge in [0.2, 0.25) is 0 Å². The zero-order chi connectivity index (χ0) is 13.2. The molecule has 0 unspecified atom stereocenters. The Morgan fingerprint density at radius 3 is 2.44 bits per heavy atom. The first-order chi connectivity index (χ1) is 8.66. The summed E-state index contributed by atoms with van der Waals surface area (Å²) in [5.41, 5.74) is 8.47. The maximum atomic E-state index is 6.53. The van der Waals surface area contributed by atoms with Crippen molar-refractivity contribution in [1.29, 1.82) is 0 Å². The van der Waals surface area contributed by atoms with Crippen molar-refractivity contribution in [3.8, 4) is 0 Å². The van der Waals surface area contributed by atoms with Gasteiger partial charge in [-0.25, -0.2) is 4.98 Å². The molecular formula is C15H23N3. The first kappa shape index (κ1) is 13.1. The van der Waals surface area contributed by atoms with E-state index in [1.165, 1.54) is 5.52 Å². The molecule has 0 spiro atoms. The van der Waals surface area contributed by atoms with Crippen molar-refractivity contribution in [2.75, 3.05) is 0 Å². The van der Waals surface area contributed by atoms with Gasteiger partial charge in [-0.05, 0) is 31.4 Å². The maximum absolute atomic E-state index is 6.53. The minimum absolute atomic E-state index is 0.311. The molecule has 0 bridgehead atoms. The molecule has 0 amide bonds. The van der Waals surface area contributed by atoms with E-state index in [0.29, 0.717) is 0 Å². The molecular weight excluding hydrogens is 222 g/mol. The van der Waals surface area contributed by atoms with Crippen LogP contribution in [0.4, 0.5) is 0 Å². The van der Waals surface area contributed by atoms with Crippen LogP contribution in [0.2, 0.25) is 0 Å². The monoisotopic (exact) mass is 245 g/mol. The lowest BCUT2D eigenvalue weighted by atomic mass is 9.93. The van der Waals surface area contributed by atoms with E-state index in [0.717, 1.165) is 37.1 Å². The van der Waals surface area contributed by atoms with Gasteiger partial charge in [0.05, 0.1) is 16.6 Å². The van der Waals surface area contributed by atoms with E-state index in [1.54, 1.807) is 0 Å². The van der Waals surface area contributed by atoms with Crippen LogP contribution in [-0.2, 0) is 12.1 Å². The summed E-state index contributed by atoms with van der Waals surface area (Å²) in [6.07, 6.45) is 2.92. The molecule has 2 aromatic rings. The van der Waals surface area contributed by atoms with Gasteiger partial charge < -0.3 is 10.3 Å². The molecule has 0 aliphatic carbocycles. The molecule has 0 atom stereocenters. The lowest BCUT2D eigenvalue weighted by molar-refractivity contribution is 0.370. The number of aromatic nitrogens is 2. The quantitative estimate of drug-likeness (QED) is 0.877. The summed E-state index contributed by atoms with van der Waals surface area (Å²) in [6.45, 7) is 7.45. The summed E-state index contributed by atoms with van der Waals surface area (Å²) < 4.78 is 2.29. The summed E-state index contributed by atoms with van der Waals surface area (Å²) in [4.78, 5) is 4.78. The van der Waals surface area contributed by atoms with Crippen LogP contribution < -0.4 is 5.73 Å². The summed E-state index contributed by atoms with van der Waals surface area (Å²) >= 11 is 0. The van der Waals surface area contributed by atoms with Crippen LogP contribution in [-0.4, -0.2) is 9.55 Å². The predicted molar refractivity (Wildman–Crippen MR) is 76.5 cm³/mol. The second-order valence-electron chi connectivity index (χ2n) is 4.94. The first-order valence-corrected chi connectivity index (χ1v) is 6.91. The highest BCUT2D eigenvalue weighted by atomic mass is 15.1. The van der Waals surface area contributed by atoms with Crippen molar-refractivity contribution in [2.45, 2.75) is 52.1 Å². The molecule has 1 aromatic heterocycles. The molecule has 0 saturated heterocycles. The smallest absolute Gasteiger partial charge is 0.130 e. The number of imidazole rings is 1. The van der Waals surface area contributed by atoms with Gasteiger partial charge in [-0.3, -0.25) is 0 Å². The lowest BCUT2D eigenvalue weighted by Crippen LogP contribution is -2.38. The van der Waals surface area contributed by atoms with E-state index in [4.69, 9.17) is 10.7 Å². The van der Waals surface area contributed by atoms with Gasteiger partial charge in [0.15, 0.2) is 0 Å². The minimum atomic E-state index is -0.311. The molecule has 0 aliphatic heterocycles. The van der Waals surface area contributed by atoms with Crippen LogP contribution >= 0.6 is 0 Å². The van der Waals surface area contributed by atoms with Crippen molar-refractivity contribution >= 4 is 11.0 Å².